The zero-order valence-corrected chi connectivity index (χ0v) is 35.9. The third-order valence-electron chi connectivity index (χ3n) is 7.46. The monoisotopic (exact) mass is 987 g/mol. The van der Waals surface area contributed by atoms with E-state index in [2.05, 4.69) is 29.8 Å². The topological polar surface area (TPSA) is 132 Å². The number of hydrogen-bond acceptors (Lipinski definition) is 8. The van der Waals surface area contributed by atoms with Gasteiger partial charge in [0.05, 0.1) is 11.4 Å². The van der Waals surface area contributed by atoms with E-state index >= 15 is 0 Å². The van der Waals surface area contributed by atoms with Crippen LogP contribution < -0.4 is 10.2 Å². The summed E-state index contributed by atoms with van der Waals surface area (Å²) in [5.41, 5.74) is 6.61. The molecule has 1 aliphatic heterocycles. The predicted molar refractivity (Wildman–Crippen MR) is 195 cm³/mol. The maximum atomic E-state index is 13.5. The molecule has 0 saturated heterocycles. The fourth-order valence-corrected chi connectivity index (χ4v) is 5.40. The zero-order valence-electron chi connectivity index (χ0n) is 31.6. The van der Waals surface area contributed by atoms with Crippen LogP contribution in [-0.4, -0.2) is 58.4 Å². The fourth-order valence-electron chi connectivity index (χ4n) is 5.40. The van der Waals surface area contributed by atoms with Crippen molar-refractivity contribution in [3.8, 4) is 11.5 Å². The van der Waals surface area contributed by atoms with Gasteiger partial charge < -0.3 is 15.7 Å². The Morgan fingerprint density at radius 1 is 0.583 bits per heavy atom. The Hall–Kier alpha value is -3.32. The second kappa shape index (κ2) is 20.7. The van der Waals surface area contributed by atoms with Gasteiger partial charge in [-0.1, -0.05) is 59.0 Å². The third kappa shape index (κ3) is 27.5. The number of nitrogens with zero attached hydrogens (tertiary/aromatic N) is 6. The van der Waals surface area contributed by atoms with Crippen LogP contribution in [0.1, 0.15) is 51.2 Å². The van der Waals surface area contributed by atoms with E-state index in [1.54, 1.807) is 24.8 Å². The Kier molecular flexibility index (Phi) is 19.6. The number of rotatable bonds is 4. The Bertz CT molecular complexity index is 1870. The summed E-state index contributed by atoms with van der Waals surface area (Å²) in [5.74, 6) is 0.00768. The Morgan fingerprint density at radius 3 is 1.22 bits per heavy atom. The molecule has 2 aromatic carbocycles. The maximum absolute atomic E-state index is 13.5. The molecule has 0 saturated carbocycles. The number of benzene rings is 2. The first-order chi connectivity index (χ1) is 25.8. The summed E-state index contributed by atoms with van der Waals surface area (Å²) in [5, 5.41) is 27.1. The SMILES string of the molecule is Cc1cc2c([O-])c(c1)CN(Cc1ccccn1)CCN(Cc1ccccn1)Cc1cc(C)cc(c1[O-])C=NCCCN=C2.F[P-](F)(F)(F)(F)F.F[P-](F)(F)(F)(F)F.[Fe+5].[O-2].[V]. The summed E-state index contributed by atoms with van der Waals surface area (Å²) in [6.07, 6.45) is 7.70. The van der Waals surface area contributed by atoms with Crippen molar-refractivity contribution in [2.45, 2.75) is 46.4 Å². The number of aromatic nitrogens is 2. The summed E-state index contributed by atoms with van der Waals surface area (Å²) in [6.45, 7) is 8.59. The summed E-state index contributed by atoms with van der Waals surface area (Å²) in [7, 11) is -21.3. The van der Waals surface area contributed by atoms with E-state index in [-0.39, 0.29) is 52.6 Å². The van der Waals surface area contributed by atoms with E-state index in [0.29, 0.717) is 63.5 Å². The molecule has 0 unspecified atom stereocenters. The van der Waals surface area contributed by atoms with Crippen LogP contribution in [0.15, 0.2) is 83.0 Å². The molecule has 0 spiro atoms. The van der Waals surface area contributed by atoms with Gasteiger partial charge >= 0.3 is 83.0 Å². The smallest absolute Gasteiger partial charge is 2.00 e. The molecule has 334 valence electrons. The number of pyridine rings is 2. The quantitative estimate of drug-likeness (QED) is 0.114. The van der Waals surface area contributed by atoms with Gasteiger partial charge in [0, 0.05) is 95.7 Å². The van der Waals surface area contributed by atoms with Crippen LogP contribution in [0.25, 0.3) is 0 Å². The van der Waals surface area contributed by atoms with E-state index in [9.17, 15) is 60.6 Å². The first kappa shape index (κ1) is 56.7. The Labute approximate surface area is 360 Å². The fraction of sp³-hybridized carbons (Fsp3) is 0.314. The molecule has 0 amide bonds. The standard InChI is InChI=1S/C35H40N6O2.2F6P.Fe.O.V/c1-26-16-28-20-36-10-7-11-37-21-29-17-27(2)19-31(35(29)43)23-41(25-33-9-4-6-13-39-33)15-14-40(22-30(18-26)34(28)42)24-32-8-3-5-12-38-32;2*1-7(2,3,4,5)6;;;/h3-6,8-9,12-13,16-21,42-43H,7,10-11,14-15,22-25H2,1-2H3;;;;;/q;2*-1;+5;-2;/p-2. The van der Waals surface area contributed by atoms with Crippen LogP contribution in [-0.2, 0) is 67.3 Å². The van der Waals surface area contributed by atoms with Gasteiger partial charge in [-0.2, -0.15) is 0 Å². The maximum Gasteiger partial charge on any atom is 5.00 e. The largest absolute Gasteiger partial charge is 5.00 e. The van der Waals surface area contributed by atoms with E-state index in [1.807, 2.05) is 74.5 Å². The molecule has 5 rings (SSSR count). The Morgan fingerprint density at radius 2 is 0.917 bits per heavy atom. The molecule has 60 heavy (non-hydrogen) atoms. The van der Waals surface area contributed by atoms with Crippen LogP contribution in [0.2, 0.25) is 0 Å². The van der Waals surface area contributed by atoms with Crippen LogP contribution in [0.3, 0.4) is 0 Å². The van der Waals surface area contributed by atoms with Crippen LogP contribution in [0, 0.1) is 13.8 Å². The van der Waals surface area contributed by atoms with Gasteiger partial charge in [-0.3, -0.25) is 29.8 Å². The molecule has 0 atom stereocenters. The number of halogens is 12. The van der Waals surface area contributed by atoms with Gasteiger partial charge in [0.2, 0.25) is 0 Å². The van der Waals surface area contributed by atoms with Gasteiger partial charge in [0.25, 0.3) is 0 Å². The van der Waals surface area contributed by atoms with Crippen molar-refractivity contribution in [3.63, 3.8) is 0 Å². The summed E-state index contributed by atoms with van der Waals surface area (Å²) in [4.78, 5) is 22.7. The van der Waals surface area contributed by atoms with Gasteiger partial charge in [-0.05, 0) is 66.8 Å². The molecular weight excluding hydrogens is 949 g/mol. The molecule has 1 aliphatic rings. The molecule has 3 heterocycles. The van der Waals surface area contributed by atoms with Gasteiger partial charge in [0.15, 0.2) is 0 Å². The Balaban J connectivity index is 0.00000176. The molecule has 2 radical (unpaired) electrons. The average molecular weight is 987 g/mol. The van der Waals surface area contributed by atoms with Crippen molar-refractivity contribution in [2.75, 3.05) is 26.2 Å². The van der Waals surface area contributed by atoms with Crippen molar-refractivity contribution in [1.29, 1.82) is 0 Å². The average Bonchev–Trinajstić information content (AvgIpc) is 3.04. The molecule has 2 aromatic heterocycles. The van der Waals surface area contributed by atoms with Crippen LogP contribution >= 0.6 is 15.6 Å². The normalized spacial score (nSPS) is 16.5. The van der Waals surface area contributed by atoms with Gasteiger partial charge in [0.1, 0.15) is 0 Å². The minimum atomic E-state index is -10.7. The predicted octanol–water partition coefficient (Wildman–Crippen LogP) is 10.8. The van der Waals surface area contributed by atoms with Crippen molar-refractivity contribution in [3.05, 3.63) is 118 Å². The molecule has 25 heteroatoms. The van der Waals surface area contributed by atoms with Crippen LogP contribution in [0.4, 0.5) is 50.4 Å². The minimum Gasteiger partial charge on any atom is -2.00 e. The minimum absolute atomic E-state index is 0. The van der Waals surface area contributed by atoms with Crippen molar-refractivity contribution < 1.29 is 102 Å². The number of hydrogen-bond donors (Lipinski definition) is 0. The first-order valence-corrected chi connectivity index (χ1v) is 20.9. The van der Waals surface area contributed by atoms with E-state index in [4.69, 9.17) is 0 Å². The zero-order chi connectivity index (χ0) is 42.8. The van der Waals surface area contributed by atoms with E-state index in [1.165, 1.54) is 0 Å². The molecule has 4 aromatic rings. The van der Waals surface area contributed by atoms with Crippen molar-refractivity contribution in [1.82, 2.24) is 19.8 Å². The summed E-state index contributed by atoms with van der Waals surface area (Å²) >= 11 is 0. The molecular formula is C35H38F12FeN6O3P2V-. The van der Waals surface area contributed by atoms with Crippen LogP contribution in [0.5, 0.6) is 11.5 Å². The van der Waals surface area contributed by atoms with Gasteiger partial charge in [-0.25, -0.2) is 0 Å². The number of aryl methyl sites for hydroxylation is 2. The molecule has 4 bridgehead atoms. The molecule has 9 nitrogen and oxygen atoms in total. The second-order valence-electron chi connectivity index (χ2n) is 13.1. The number of aliphatic imine (C=N–C) groups is 2. The first-order valence-electron chi connectivity index (χ1n) is 16.8. The van der Waals surface area contributed by atoms with Crippen molar-refractivity contribution in [2.24, 2.45) is 9.98 Å². The third-order valence-corrected chi connectivity index (χ3v) is 7.46. The molecule has 0 N–H and O–H groups in total. The number of fused-ring (bicyclic) bond motifs is 4. The summed E-state index contributed by atoms with van der Waals surface area (Å²) < 4.78 is 118. The van der Waals surface area contributed by atoms with E-state index < -0.39 is 15.6 Å². The second-order valence-corrected chi connectivity index (χ2v) is 16.9. The van der Waals surface area contributed by atoms with Crippen molar-refractivity contribution >= 4 is 28.0 Å². The summed E-state index contributed by atoms with van der Waals surface area (Å²) in [6, 6.07) is 19.5. The van der Waals surface area contributed by atoms with E-state index in [0.717, 1.165) is 40.1 Å². The molecule has 0 fully saturated rings. The van der Waals surface area contributed by atoms with Gasteiger partial charge in [-0.15, -0.1) is 0 Å². The molecule has 0 aliphatic carbocycles.